The molecule has 0 spiro atoms. The average molecular weight is 351 g/mol. The summed E-state index contributed by atoms with van der Waals surface area (Å²) in [5.41, 5.74) is 0.107. The number of halogens is 2. The number of carbonyl (C=O) groups is 2. The van der Waals surface area contributed by atoms with E-state index >= 15 is 0 Å². The topological polar surface area (TPSA) is 58.2 Å². The fourth-order valence-corrected chi connectivity index (χ4v) is 5.50. The van der Waals surface area contributed by atoms with Gasteiger partial charge in [-0.3, -0.25) is 9.59 Å². The summed E-state index contributed by atoms with van der Waals surface area (Å²) < 4.78 is 13.2. The predicted molar refractivity (Wildman–Crippen MR) is 89.1 cm³/mol. The van der Waals surface area contributed by atoms with Crippen LogP contribution in [0.2, 0.25) is 5.02 Å². The van der Waals surface area contributed by atoms with Gasteiger partial charge in [0.15, 0.2) is 0 Å². The van der Waals surface area contributed by atoms with Crippen molar-refractivity contribution in [3.8, 4) is 0 Å². The Morgan fingerprint density at radius 1 is 1.04 bits per heavy atom. The lowest BCUT2D eigenvalue weighted by Crippen LogP contribution is -2.61. The van der Waals surface area contributed by atoms with Crippen LogP contribution in [0.25, 0.3) is 0 Å². The summed E-state index contributed by atoms with van der Waals surface area (Å²) in [4.78, 5) is 24.5. The summed E-state index contributed by atoms with van der Waals surface area (Å²) in [7, 11) is 0. The number of amides is 2. The third kappa shape index (κ3) is 2.90. The molecule has 4 bridgehead atoms. The van der Waals surface area contributed by atoms with E-state index in [9.17, 15) is 14.0 Å². The van der Waals surface area contributed by atoms with Crippen LogP contribution < -0.4 is 10.6 Å². The Hall–Kier alpha value is -1.62. The fraction of sp³-hybridized carbons (Fsp3) is 0.556. The first-order chi connectivity index (χ1) is 11.4. The molecule has 5 rings (SSSR count). The van der Waals surface area contributed by atoms with Crippen LogP contribution in [0.4, 0.5) is 10.1 Å². The van der Waals surface area contributed by atoms with Crippen LogP contribution in [0.1, 0.15) is 38.5 Å². The Labute approximate surface area is 145 Å². The molecule has 4 nitrogen and oxygen atoms in total. The molecule has 24 heavy (non-hydrogen) atoms. The Balaban J connectivity index is 1.42. The van der Waals surface area contributed by atoms with Gasteiger partial charge in [-0.2, -0.15) is 0 Å². The number of rotatable bonds is 2. The number of nitrogens with one attached hydrogen (secondary N) is 2. The fourth-order valence-electron chi connectivity index (χ4n) is 5.32. The first-order valence-electron chi connectivity index (χ1n) is 8.51. The Morgan fingerprint density at radius 3 is 2.17 bits per heavy atom. The first kappa shape index (κ1) is 15.9. The van der Waals surface area contributed by atoms with Crippen molar-refractivity contribution in [2.24, 2.45) is 17.8 Å². The Bertz CT molecular complexity index is 671. The van der Waals surface area contributed by atoms with Crippen molar-refractivity contribution in [3.05, 3.63) is 29.0 Å². The van der Waals surface area contributed by atoms with Crippen molar-refractivity contribution >= 4 is 29.1 Å². The van der Waals surface area contributed by atoms with Crippen molar-refractivity contribution in [1.82, 2.24) is 5.32 Å². The van der Waals surface area contributed by atoms with Crippen LogP contribution in [-0.2, 0) is 9.59 Å². The molecule has 2 amide bonds. The van der Waals surface area contributed by atoms with E-state index in [0.717, 1.165) is 25.3 Å². The zero-order valence-electron chi connectivity index (χ0n) is 13.3. The van der Waals surface area contributed by atoms with Crippen LogP contribution in [0, 0.1) is 23.6 Å². The molecule has 1 aromatic rings. The van der Waals surface area contributed by atoms with Gasteiger partial charge < -0.3 is 10.6 Å². The van der Waals surface area contributed by atoms with Gasteiger partial charge in [0.1, 0.15) is 5.82 Å². The van der Waals surface area contributed by atoms with E-state index in [-0.39, 0.29) is 10.6 Å². The smallest absolute Gasteiger partial charge is 0.313 e. The number of hydrogen-bond acceptors (Lipinski definition) is 2. The highest BCUT2D eigenvalue weighted by molar-refractivity contribution is 6.40. The van der Waals surface area contributed by atoms with Crippen molar-refractivity contribution in [2.75, 3.05) is 5.32 Å². The van der Waals surface area contributed by atoms with Gasteiger partial charge in [0.05, 0.1) is 5.02 Å². The number of benzene rings is 1. The second-order valence-corrected chi connectivity index (χ2v) is 8.14. The number of anilines is 1. The van der Waals surface area contributed by atoms with E-state index in [0.29, 0.717) is 23.4 Å². The highest BCUT2D eigenvalue weighted by atomic mass is 35.5. The molecule has 0 unspecified atom stereocenters. The van der Waals surface area contributed by atoms with Gasteiger partial charge in [-0.15, -0.1) is 0 Å². The molecular weight excluding hydrogens is 331 g/mol. The Morgan fingerprint density at radius 2 is 1.62 bits per heavy atom. The standard InChI is InChI=1S/C18H20ClFN2O2/c19-14-6-13(1-2-15(14)20)21-16(23)17(24)22-18-7-10-3-11(8-18)5-12(4-10)9-18/h1-2,6,10-12H,3-5,7-9H2,(H,21,23)(H,22,24). The van der Waals surface area contributed by atoms with Crippen molar-refractivity contribution < 1.29 is 14.0 Å². The van der Waals surface area contributed by atoms with Crippen LogP contribution in [0.3, 0.4) is 0 Å². The molecule has 6 heteroatoms. The lowest BCUT2D eigenvalue weighted by molar-refractivity contribution is -0.139. The molecule has 0 aromatic heterocycles. The maximum Gasteiger partial charge on any atom is 0.313 e. The molecule has 0 aliphatic heterocycles. The number of carbonyl (C=O) groups excluding carboxylic acids is 2. The highest BCUT2D eigenvalue weighted by Crippen LogP contribution is 2.55. The van der Waals surface area contributed by atoms with E-state index in [1.54, 1.807) is 0 Å². The molecule has 4 fully saturated rings. The van der Waals surface area contributed by atoms with Gasteiger partial charge in [0.2, 0.25) is 0 Å². The lowest BCUT2D eigenvalue weighted by atomic mass is 9.53. The Kier molecular flexibility index (Phi) is 3.79. The van der Waals surface area contributed by atoms with E-state index in [2.05, 4.69) is 10.6 Å². The van der Waals surface area contributed by atoms with Crippen LogP contribution in [-0.4, -0.2) is 17.4 Å². The minimum Gasteiger partial charge on any atom is -0.342 e. The summed E-state index contributed by atoms with van der Waals surface area (Å²) in [6.45, 7) is 0. The minimum absolute atomic E-state index is 0.0886. The van der Waals surface area contributed by atoms with Crippen LogP contribution in [0.15, 0.2) is 18.2 Å². The highest BCUT2D eigenvalue weighted by Gasteiger charge is 2.51. The predicted octanol–water partition coefficient (Wildman–Crippen LogP) is 3.50. The molecule has 4 aliphatic carbocycles. The summed E-state index contributed by atoms with van der Waals surface area (Å²) in [5.74, 6) is 0.167. The van der Waals surface area contributed by atoms with Gasteiger partial charge in [-0.05, 0) is 74.5 Å². The van der Waals surface area contributed by atoms with E-state index in [1.807, 2.05) is 0 Å². The van der Waals surface area contributed by atoms with Gasteiger partial charge in [0, 0.05) is 11.2 Å². The molecule has 0 heterocycles. The average Bonchev–Trinajstić information content (AvgIpc) is 2.49. The van der Waals surface area contributed by atoms with Gasteiger partial charge >= 0.3 is 11.8 Å². The zero-order chi connectivity index (χ0) is 16.9. The van der Waals surface area contributed by atoms with E-state index in [1.165, 1.54) is 31.4 Å². The SMILES string of the molecule is O=C(Nc1ccc(F)c(Cl)c1)C(=O)NC12CC3CC(CC(C3)C1)C2. The summed E-state index contributed by atoms with van der Waals surface area (Å²) in [5, 5.41) is 5.41. The van der Waals surface area contributed by atoms with Gasteiger partial charge in [-0.1, -0.05) is 11.6 Å². The molecule has 1 aromatic carbocycles. The van der Waals surface area contributed by atoms with Crippen molar-refractivity contribution in [3.63, 3.8) is 0 Å². The second kappa shape index (κ2) is 5.73. The molecule has 4 aliphatic rings. The zero-order valence-corrected chi connectivity index (χ0v) is 14.0. The number of hydrogen-bond donors (Lipinski definition) is 2. The molecule has 2 N–H and O–H groups in total. The maximum absolute atomic E-state index is 13.2. The molecule has 0 saturated heterocycles. The summed E-state index contributed by atoms with van der Waals surface area (Å²) in [6.07, 6.45) is 6.78. The van der Waals surface area contributed by atoms with Crippen molar-refractivity contribution in [2.45, 2.75) is 44.1 Å². The van der Waals surface area contributed by atoms with Gasteiger partial charge in [0.25, 0.3) is 0 Å². The van der Waals surface area contributed by atoms with Crippen LogP contribution >= 0.6 is 11.6 Å². The van der Waals surface area contributed by atoms with Crippen LogP contribution in [0.5, 0.6) is 0 Å². The molecule has 4 saturated carbocycles. The normalized spacial score (nSPS) is 33.3. The minimum atomic E-state index is -0.728. The summed E-state index contributed by atoms with van der Waals surface area (Å²) >= 11 is 5.69. The quantitative estimate of drug-likeness (QED) is 0.802. The molecule has 0 radical (unpaired) electrons. The third-order valence-electron chi connectivity index (χ3n) is 5.80. The largest absolute Gasteiger partial charge is 0.342 e. The van der Waals surface area contributed by atoms with Gasteiger partial charge in [-0.25, -0.2) is 4.39 Å². The maximum atomic E-state index is 13.2. The van der Waals surface area contributed by atoms with E-state index in [4.69, 9.17) is 11.6 Å². The lowest BCUT2D eigenvalue weighted by Gasteiger charge is -2.56. The first-order valence-corrected chi connectivity index (χ1v) is 8.89. The summed E-state index contributed by atoms with van der Waals surface area (Å²) in [6, 6.07) is 3.85. The molecule has 128 valence electrons. The van der Waals surface area contributed by atoms with Crippen molar-refractivity contribution in [1.29, 1.82) is 0 Å². The molecular formula is C18H20ClFN2O2. The van der Waals surface area contributed by atoms with E-state index < -0.39 is 17.6 Å². The third-order valence-corrected chi connectivity index (χ3v) is 6.09. The monoisotopic (exact) mass is 350 g/mol. The molecule has 0 atom stereocenters. The second-order valence-electron chi connectivity index (χ2n) is 7.74.